The summed E-state index contributed by atoms with van der Waals surface area (Å²) in [6, 6.07) is 6.95. The highest BCUT2D eigenvalue weighted by Crippen LogP contribution is 2.25. The van der Waals surface area contributed by atoms with Gasteiger partial charge in [-0.15, -0.1) is 0 Å². The summed E-state index contributed by atoms with van der Waals surface area (Å²) in [6.45, 7) is 4.21. The van der Waals surface area contributed by atoms with Gasteiger partial charge in [-0.2, -0.15) is 0 Å². The van der Waals surface area contributed by atoms with Gasteiger partial charge >= 0.3 is 0 Å². The van der Waals surface area contributed by atoms with E-state index in [-0.39, 0.29) is 24.2 Å². The lowest BCUT2D eigenvalue weighted by atomic mass is 10.0. The molecule has 1 amide bonds. The third kappa shape index (κ3) is 7.45. The minimum absolute atomic E-state index is 0.0803. The normalized spacial score (nSPS) is 10.9. The molecule has 0 saturated carbocycles. The number of ketones is 1. The van der Waals surface area contributed by atoms with Gasteiger partial charge in [-0.1, -0.05) is 47.9 Å². The topological polar surface area (TPSA) is 126 Å². The lowest BCUT2D eigenvalue weighted by Crippen LogP contribution is -2.23. The molecule has 2 heterocycles. The zero-order chi connectivity index (χ0) is 25.4. The number of unbranched alkanes of at least 4 members (excludes halogenated alkanes) is 3. The molecule has 0 unspecified atom stereocenters. The highest BCUT2D eigenvalue weighted by molar-refractivity contribution is 7.17. The van der Waals surface area contributed by atoms with E-state index in [1.807, 2.05) is 19.1 Å². The zero-order valence-corrected chi connectivity index (χ0v) is 21.2. The maximum absolute atomic E-state index is 12.7. The summed E-state index contributed by atoms with van der Waals surface area (Å²) in [6.07, 6.45) is 5.12. The van der Waals surface area contributed by atoms with Crippen molar-refractivity contribution in [3.8, 4) is 0 Å². The Balaban J connectivity index is 1.57. The van der Waals surface area contributed by atoms with Crippen LogP contribution in [0.15, 0.2) is 35.3 Å². The number of thiazole rings is 1. The Kier molecular flexibility index (Phi) is 9.53. The van der Waals surface area contributed by atoms with Crippen LogP contribution in [0, 0.1) is 13.8 Å². The summed E-state index contributed by atoms with van der Waals surface area (Å²) >= 11 is 7.45. The number of hydroxylamine groups is 1. The van der Waals surface area contributed by atoms with Crippen LogP contribution in [0.4, 0.5) is 10.9 Å². The number of carbonyl (C=O) groups is 2. The van der Waals surface area contributed by atoms with Gasteiger partial charge in [0.1, 0.15) is 11.6 Å². The number of aromatic nitrogens is 3. The number of rotatable bonds is 12. The number of amides is 1. The molecule has 3 N–H and O–H groups in total. The Hall–Kier alpha value is -3.08. The molecule has 0 spiro atoms. The molecule has 0 radical (unpaired) electrons. The van der Waals surface area contributed by atoms with Crippen molar-refractivity contribution in [2.45, 2.75) is 58.9 Å². The molecule has 11 heteroatoms. The maximum atomic E-state index is 12.7. The van der Waals surface area contributed by atoms with E-state index in [1.165, 1.54) is 23.6 Å². The fourth-order valence-electron chi connectivity index (χ4n) is 3.63. The Labute approximate surface area is 212 Å². The van der Waals surface area contributed by atoms with Crippen molar-refractivity contribution in [2.24, 2.45) is 0 Å². The second kappa shape index (κ2) is 12.6. The molecule has 1 aromatic carbocycles. The molecule has 0 aliphatic heterocycles. The highest BCUT2D eigenvalue weighted by Gasteiger charge is 2.15. The Bertz CT molecular complexity index is 1240. The van der Waals surface area contributed by atoms with E-state index in [0.717, 1.165) is 30.4 Å². The van der Waals surface area contributed by atoms with Crippen molar-refractivity contribution in [1.82, 2.24) is 20.0 Å². The first-order valence-corrected chi connectivity index (χ1v) is 12.5. The quantitative estimate of drug-likeness (QED) is 0.139. The number of hydrogen-bond donors (Lipinski definition) is 3. The second-order valence-electron chi connectivity index (χ2n) is 8.17. The molecule has 0 saturated heterocycles. The SMILES string of the molecule is Cc1cccc(Cl)c1CC(=O)c1cnc(Nc2cc(=O)n(CCCCCCC(=O)NO)c(C)n2)s1. The molecule has 35 heavy (non-hydrogen) atoms. The smallest absolute Gasteiger partial charge is 0.255 e. The van der Waals surface area contributed by atoms with Gasteiger partial charge in [-0.3, -0.25) is 24.2 Å². The van der Waals surface area contributed by atoms with Crippen LogP contribution >= 0.6 is 22.9 Å². The van der Waals surface area contributed by atoms with Crippen molar-refractivity contribution in [1.29, 1.82) is 0 Å². The van der Waals surface area contributed by atoms with Gasteiger partial charge in [0.15, 0.2) is 10.9 Å². The van der Waals surface area contributed by atoms with Gasteiger partial charge in [0.25, 0.3) is 5.56 Å². The number of hydrogen-bond acceptors (Lipinski definition) is 8. The minimum Gasteiger partial charge on any atom is -0.316 e. The molecule has 0 aliphatic rings. The largest absolute Gasteiger partial charge is 0.316 e. The summed E-state index contributed by atoms with van der Waals surface area (Å²) in [5.41, 5.74) is 3.20. The van der Waals surface area contributed by atoms with Crippen LogP contribution in [0.1, 0.15) is 58.7 Å². The van der Waals surface area contributed by atoms with Crippen molar-refractivity contribution < 1.29 is 14.8 Å². The third-order valence-corrected chi connectivity index (χ3v) is 6.87. The number of anilines is 2. The summed E-state index contributed by atoms with van der Waals surface area (Å²) in [4.78, 5) is 45.6. The van der Waals surface area contributed by atoms with Crippen LogP contribution in [0.3, 0.4) is 0 Å². The molecular formula is C24H28ClN5O4S. The van der Waals surface area contributed by atoms with Gasteiger partial charge in [0.05, 0.1) is 11.1 Å². The number of nitrogens with one attached hydrogen (secondary N) is 2. The highest BCUT2D eigenvalue weighted by atomic mass is 35.5. The number of carbonyl (C=O) groups excluding carboxylic acids is 2. The maximum Gasteiger partial charge on any atom is 0.255 e. The van der Waals surface area contributed by atoms with Crippen LogP contribution in [0.25, 0.3) is 0 Å². The fourth-order valence-corrected chi connectivity index (χ4v) is 4.68. The molecular weight excluding hydrogens is 490 g/mol. The fraction of sp³-hybridized carbons (Fsp3) is 0.375. The summed E-state index contributed by atoms with van der Waals surface area (Å²) in [5.74, 6) is 0.468. The molecule has 3 aromatic rings. The molecule has 0 bridgehead atoms. The first-order chi connectivity index (χ1) is 16.8. The molecule has 0 atom stereocenters. The van der Waals surface area contributed by atoms with Crippen molar-refractivity contribution >= 4 is 45.6 Å². The van der Waals surface area contributed by atoms with Crippen LogP contribution in [-0.4, -0.2) is 31.4 Å². The number of halogens is 1. The second-order valence-corrected chi connectivity index (χ2v) is 9.61. The van der Waals surface area contributed by atoms with Crippen LogP contribution in [0.2, 0.25) is 5.02 Å². The summed E-state index contributed by atoms with van der Waals surface area (Å²) in [5, 5.41) is 12.5. The first-order valence-electron chi connectivity index (χ1n) is 11.3. The number of Topliss-reactive ketones (excluding diaryl/α,β-unsaturated/α-hetero) is 1. The summed E-state index contributed by atoms with van der Waals surface area (Å²) in [7, 11) is 0. The number of nitrogens with zero attached hydrogens (tertiary/aromatic N) is 3. The van der Waals surface area contributed by atoms with E-state index in [4.69, 9.17) is 16.8 Å². The van der Waals surface area contributed by atoms with Gasteiger partial charge in [-0.05, 0) is 43.9 Å². The van der Waals surface area contributed by atoms with Crippen molar-refractivity contribution in [2.75, 3.05) is 5.32 Å². The third-order valence-electron chi connectivity index (χ3n) is 5.57. The Morgan fingerprint density at radius 1 is 1.17 bits per heavy atom. The van der Waals surface area contributed by atoms with Gasteiger partial charge in [0.2, 0.25) is 5.91 Å². The first kappa shape index (κ1) is 26.5. The number of aryl methyl sites for hydroxylation is 2. The van der Waals surface area contributed by atoms with E-state index in [2.05, 4.69) is 15.3 Å². The van der Waals surface area contributed by atoms with Crippen molar-refractivity contribution in [3.63, 3.8) is 0 Å². The lowest BCUT2D eigenvalue weighted by molar-refractivity contribution is -0.129. The molecule has 9 nitrogen and oxygen atoms in total. The van der Waals surface area contributed by atoms with E-state index >= 15 is 0 Å². The van der Waals surface area contributed by atoms with Crippen LogP contribution in [0.5, 0.6) is 0 Å². The average molecular weight is 518 g/mol. The van der Waals surface area contributed by atoms with Gasteiger partial charge < -0.3 is 5.32 Å². The molecule has 186 valence electrons. The molecule has 3 rings (SSSR count). The van der Waals surface area contributed by atoms with Gasteiger partial charge in [-0.25, -0.2) is 15.4 Å². The van der Waals surface area contributed by atoms with E-state index in [9.17, 15) is 14.4 Å². The van der Waals surface area contributed by atoms with Gasteiger partial charge in [0, 0.05) is 30.5 Å². The Morgan fingerprint density at radius 2 is 1.94 bits per heavy atom. The van der Waals surface area contributed by atoms with E-state index in [0.29, 0.717) is 39.6 Å². The monoisotopic (exact) mass is 517 g/mol. The standard InChI is InChI=1S/C24H28ClN5O4S/c1-15-8-7-9-18(25)17(15)12-19(31)20-14-26-24(35-20)28-21-13-23(33)30(16(2)27-21)11-6-4-3-5-10-22(32)29-34/h7-9,13-14,34H,3-6,10-12H2,1-2H3,(H,26,28)(H,29,32). The molecule has 2 aromatic heterocycles. The predicted molar refractivity (Wildman–Crippen MR) is 136 cm³/mol. The molecule has 0 fully saturated rings. The van der Waals surface area contributed by atoms with E-state index < -0.39 is 5.91 Å². The minimum atomic E-state index is -0.392. The molecule has 0 aliphatic carbocycles. The number of benzene rings is 1. The van der Waals surface area contributed by atoms with Crippen molar-refractivity contribution in [3.05, 3.63) is 67.7 Å². The Morgan fingerprint density at radius 3 is 2.66 bits per heavy atom. The lowest BCUT2D eigenvalue weighted by Gasteiger charge is -2.11. The predicted octanol–water partition coefficient (Wildman–Crippen LogP) is 4.59. The van der Waals surface area contributed by atoms with Crippen LogP contribution in [-0.2, 0) is 17.8 Å². The average Bonchev–Trinajstić information content (AvgIpc) is 3.28. The van der Waals surface area contributed by atoms with E-state index in [1.54, 1.807) is 23.0 Å². The zero-order valence-electron chi connectivity index (χ0n) is 19.6. The van der Waals surface area contributed by atoms with Crippen LogP contribution < -0.4 is 16.4 Å². The summed E-state index contributed by atoms with van der Waals surface area (Å²) < 4.78 is 1.61.